The van der Waals surface area contributed by atoms with E-state index in [1.54, 1.807) is 0 Å². The van der Waals surface area contributed by atoms with Crippen LogP contribution in [0.4, 0.5) is 0 Å². The molecule has 0 spiro atoms. The highest BCUT2D eigenvalue weighted by Gasteiger charge is 2.31. The molecule has 0 aromatic rings. The smallest absolute Gasteiger partial charge is 0.310 e. The molecule has 0 saturated carbocycles. The lowest BCUT2D eigenvalue weighted by Gasteiger charge is -2.37. The van der Waals surface area contributed by atoms with E-state index < -0.39 is 0 Å². The van der Waals surface area contributed by atoms with Crippen LogP contribution >= 0.6 is 0 Å². The molecule has 4 heteroatoms. The summed E-state index contributed by atoms with van der Waals surface area (Å²) in [6, 6.07) is 0.414. The van der Waals surface area contributed by atoms with E-state index in [4.69, 9.17) is 4.74 Å². The van der Waals surface area contributed by atoms with Crippen LogP contribution in [-0.2, 0) is 9.53 Å². The third kappa shape index (κ3) is 4.94. The zero-order chi connectivity index (χ0) is 13.5. The second-order valence-corrected chi connectivity index (χ2v) is 5.71. The maximum atomic E-state index is 11.7. The number of nitrogens with zero attached hydrogens (tertiary/aromatic N) is 1. The monoisotopic (exact) mass is 256 g/mol. The quantitative estimate of drug-likeness (QED) is 0.731. The second-order valence-electron chi connectivity index (χ2n) is 5.71. The third-order valence-electron chi connectivity index (χ3n) is 3.42. The summed E-state index contributed by atoms with van der Waals surface area (Å²) in [5, 5.41) is 3.57. The first-order chi connectivity index (χ1) is 8.56. The summed E-state index contributed by atoms with van der Waals surface area (Å²) in [7, 11) is 1.48. The van der Waals surface area contributed by atoms with Crippen LogP contribution in [0, 0.1) is 11.8 Å². The molecule has 0 aliphatic carbocycles. The molecular formula is C14H28N2O2. The van der Waals surface area contributed by atoms with Gasteiger partial charge in [-0.1, -0.05) is 20.8 Å². The van der Waals surface area contributed by atoms with Gasteiger partial charge in [-0.15, -0.1) is 0 Å². The van der Waals surface area contributed by atoms with Crippen LogP contribution in [0.2, 0.25) is 0 Å². The summed E-state index contributed by atoms with van der Waals surface area (Å²) in [6.07, 6.45) is 2.03. The number of hydrogen-bond acceptors (Lipinski definition) is 4. The van der Waals surface area contributed by atoms with E-state index in [1.165, 1.54) is 7.11 Å². The number of carbonyl (C=O) groups excluding carboxylic acids is 1. The fourth-order valence-corrected chi connectivity index (χ4v) is 2.58. The summed E-state index contributed by atoms with van der Waals surface area (Å²) in [5.74, 6) is 0.607. The second kappa shape index (κ2) is 7.74. The van der Waals surface area contributed by atoms with E-state index in [9.17, 15) is 4.79 Å². The first kappa shape index (κ1) is 15.4. The minimum Gasteiger partial charge on any atom is -0.469 e. The van der Waals surface area contributed by atoms with E-state index in [1.807, 2.05) is 0 Å². The van der Waals surface area contributed by atoms with Crippen LogP contribution in [0.15, 0.2) is 0 Å². The zero-order valence-corrected chi connectivity index (χ0v) is 12.2. The molecule has 1 aliphatic heterocycles. The highest BCUT2D eigenvalue weighted by molar-refractivity contribution is 5.72. The summed E-state index contributed by atoms with van der Waals surface area (Å²) in [6.45, 7) is 10.6. The molecule has 0 radical (unpaired) electrons. The highest BCUT2D eigenvalue weighted by atomic mass is 16.5. The molecule has 1 saturated heterocycles. The van der Waals surface area contributed by atoms with Gasteiger partial charge in [-0.05, 0) is 31.8 Å². The normalized spacial score (nSPS) is 25.4. The van der Waals surface area contributed by atoms with E-state index in [-0.39, 0.29) is 11.9 Å². The summed E-state index contributed by atoms with van der Waals surface area (Å²) >= 11 is 0. The van der Waals surface area contributed by atoms with Gasteiger partial charge in [0.05, 0.1) is 13.0 Å². The van der Waals surface area contributed by atoms with Gasteiger partial charge in [-0.3, -0.25) is 4.79 Å². The molecule has 2 atom stereocenters. The largest absolute Gasteiger partial charge is 0.469 e. The van der Waals surface area contributed by atoms with Gasteiger partial charge in [0, 0.05) is 19.1 Å². The van der Waals surface area contributed by atoms with E-state index >= 15 is 0 Å². The fraction of sp³-hybridized carbons (Fsp3) is 0.929. The third-order valence-corrected chi connectivity index (χ3v) is 3.42. The summed E-state index contributed by atoms with van der Waals surface area (Å²) < 4.78 is 4.90. The number of rotatable bonds is 6. The van der Waals surface area contributed by atoms with Crippen LogP contribution in [0.5, 0.6) is 0 Å². The number of hydrogen-bond donors (Lipinski definition) is 1. The van der Waals surface area contributed by atoms with Gasteiger partial charge in [0.2, 0.25) is 0 Å². The lowest BCUT2D eigenvalue weighted by molar-refractivity contribution is -0.147. The van der Waals surface area contributed by atoms with Gasteiger partial charge < -0.3 is 15.0 Å². The summed E-state index contributed by atoms with van der Waals surface area (Å²) in [5.41, 5.74) is 0. The predicted molar refractivity (Wildman–Crippen MR) is 73.5 cm³/mol. The van der Waals surface area contributed by atoms with Crippen molar-refractivity contribution in [3.05, 3.63) is 0 Å². The molecule has 0 aromatic heterocycles. The Balaban J connectivity index is 2.53. The minimum absolute atomic E-state index is 0.0277. The van der Waals surface area contributed by atoms with Gasteiger partial charge in [0.25, 0.3) is 0 Å². The van der Waals surface area contributed by atoms with Gasteiger partial charge >= 0.3 is 5.97 Å². The van der Waals surface area contributed by atoms with Crippen LogP contribution < -0.4 is 5.32 Å². The Kier molecular flexibility index (Phi) is 6.65. The zero-order valence-electron chi connectivity index (χ0n) is 12.2. The summed E-state index contributed by atoms with van der Waals surface area (Å²) in [4.78, 5) is 14.1. The highest BCUT2D eigenvalue weighted by Crippen LogP contribution is 2.18. The standard InChI is InChI=1S/C14H28N2O2/c1-5-6-16-9-12(14(17)18-4)7-13(10-16)15-8-11(2)3/h11-13,15H,5-10H2,1-4H3. The number of likely N-dealkylation sites (tertiary alicyclic amines) is 1. The number of ether oxygens (including phenoxy) is 1. The molecule has 2 unspecified atom stereocenters. The Morgan fingerprint density at radius 2 is 2.17 bits per heavy atom. The van der Waals surface area contributed by atoms with Crippen molar-refractivity contribution in [2.75, 3.05) is 33.3 Å². The molecule has 18 heavy (non-hydrogen) atoms. The van der Waals surface area contributed by atoms with Gasteiger partial charge in [0.1, 0.15) is 0 Å². The van der Waals surface area contributed by atoms with Gasteiger partial charge in [-0.25, -0.2) is 0 Å². The van der Waals surface area contributed by atoms with Crippen molar-refractivity contribution < 1.29 is 9.53 Å². The van der Waals surface area contributed by atoms with Crippen LogP contribution in [0.3, 0.4) is 0 Å². The van der Waals surface area contributed by atoms with Crippen molar-refractivity contribution in [2.45, 2.75) is 39.7 Å². The van der Waals surface area contributed by atoms with Crippen molar-refractivity contribution in [3.63, 3.8) is 0 Å². The molecule has 1 heterocycles. The maximum absolute atomic E-state index is 11.7. The molecular weight excluding hydrogens is 228 g/mol. The lowest BCUT2D eigenvalue weighted by atomic mass is 9.93. The van der Waals surface area contributed by atoms with Crippen molar-refractivity contribution >= 4 is 5.97 Å². The van der Waals surface area contributed by atoms with Crippen molar-refractivity contribution in [3.8, 4) is 0 Å². The molecule has 0 aromatic carbocycles. The van der Waals surface area contributed by atoms with Crippen molar-refractivity contribution in [1.82, 2.24) is 10.2 Å². The van der Waals surface area contributed by atoms with Crippen LogP contribution in [-0.4, -0.2) is 50.2 Å². The van der Waals surface area contributed by atoms with Crippen molar-refractivity contribution in [2.24, 2.45) is 11.8 Å². The Morgan fingerprint density at radius 1 is 1.44 bits per heavy atom. The number of methoxy groups -OCH3 is 1. The molecule has 4 nitrogen and oxygen atoms in total. The Bertz CT molecular complexity index is 256. The average Bonchev–Trinajstić information content (AvgIpc) is 2.35. The maximum Gasteiger partial charge on any atom is 0.310 e. The van der Waals surface area contributed by atoms with E-state index in [2.05, 4.69) is 31.0 Å². The molecule has 1 fully saturated rings. The fourth-order valence-electron chi connectivity index (χ4n) is 2.58. The Morgan fingerprint density at radius 3 is 2.72 bits per heavy atom. The SMILES string of the molecule is CCCN1CC(NCC(C)C)CC(C(=O)OC)C1. The first-order valence-electron chi connectivity index (χ1n) is 7.10. The Labute approximate surface area is 111 Å². The van der Waals surface area contributed by atoms with E-state index in [0.29, 0.717) is 12.0 Å². The number of nitrogens with one attached hydrogen (secondary N) is 1. The molecule has 0 amide bonds. The van der Waals surface area contributed by atoms with Gasteiger partial charge in [0.15, 0.2) is 0 Å². The van der Waals surface area contributed by atoms with Gasteiger partial charge in [-0.2, -0.15) is 0 Å². The predicted octanol–water partition coefficient (Wildman–Crippen LogP) is 1.51. The molecule has 0 bridgehead atoms. The lowest BCUT2D eigenvalue weighted by Crippen LogP contribution is -2.51. The Hall–Kier alpha value is -0.610. The average molecular weight is 256 g/mol. The van der Waals surface area contributed by atoms with Crippen molar-refractivity contribution in [1.29, 1.82) is 0 Å². The first-order valence-corrected chi connectivity index (χ1v) is 7.10. The number of carbonyl (C=O) groups is 1. The molecule has 1 rings (SSSR count). The number of esters is 1. The minimum atomic E-state index is -0.0628. The van der Waals surface area contributed by atoms with E-state index in [0.717, 1.165) is 39.0 Å². The number of piperidine rings is 1. The van der Waals surface area contributed by atoms with Crippen LogP contribution in [0.1, 0.15) is 33.6 Å². The van der Waals surface area contributed by atoms with Crippen LogP contribution in [0.25, 0.3) is 0 Å². The topological polar surface area (TPSA) is 41.6 Å². The molecule has 1 aliphatic rings. The molecule has 1 N–H and O–H groups in total. The molecule has 106 valence electrons.